The first kappa shape index (κ1) is 41.0. The molecule has 31 heavy (non-hydrogen) atoms. The molecule has 0 rings (SSSR count). The van der Waals surface area contributed by atoms with Crippen molar-refractivity contribution in [2.45, 2.75) is 121 Å². The fourth-order valence-electron chi connectivity index (χ4n) is 2.80. The summed E-state index contributed by atoms with van der Waals surface area (Å²) in [5, 5.41) is 20.4. The molecule has 0 heterocycles. The van der Waals surface area contributed by atoms with Crippen molar-refractivity contribution >= 4 is 35.8 Å². The smallest absolute Gasteiger partial charge is 0.550 e. The minimum atomic E-state index is -0.943. The monoisotopic (exact) mass is 548 g/mol. The van der Waals surface area contributed by atoms with Gasteiger partial charge >= 0.3 is 23.9 Å². The fraction of sp³-hybridized carbons (Fsp3) is 0.846. The quantitative estimate of drug-likeness (QED) is 0.389. The number of hydrogen-bond donors (Lipinski definition) is 0. The van der Waals surface area contributed by atoms with Crippen LogP contribution in [0.3, 0.4) is 0 Å². The summed E-state index contributed by atoms with van der Waals surface area (Å²) in [6, 6.07) is 0. The molecular formula is C26H52O4Sn. The number of rotatable bonds is 8. The standard InChI is InChI=1S/2C9H18O2.2C4H9.Sn/c2*1-7(5-8(10)11)6-9(2,3)4;2*1-3-4-2;/h2*7H,5-6H2,1-4H3,(H,10,11);2*1,3-4H2,2H3;/q;;;;+2/p-2. The van der Waals surface area contributed by atoms with E-state index in [1.807, 2.05) is 13.8 Å². The van der Waals surface area contributed by atoms with Crippen molar-refractivity contribution in [3.63, 3.8) is 0 Å². The van der Waals surface area contributed by atoms with E-state index in [4.69, 9.17) is 0 Å². The first-order chi connectivity index (χ1) is 13.4. The zero-order valence-electron chi connectivity index (χ0n) is 22.4. The average molecular weight is 547 g/mol. The van der Waals surface area contributed by atoms with Gasteiger partial charge in [-0.25, -0.2) is 0 Å². The third-order valence-corrected chi connectivity index (χ3v) is 3.66. The first-order valence-corrected chi connectivity index (χ1v) is 11.4. The van der Waals surface area contributed by atoms with Gasteiger partial charge in [0.2, 0.25) is 0 Å². The Balaban J connectivity index is -0.000000106. The van der Waals surface area contributed by atoms with Gasteiger partial charge in [-0.05, 0) is 48.3 Å². The third-order valence-electron chi connectivity index (χ3n) is 3.66. The number of aliphatic carboxylic acids is 2. The van der Waals surface area contributed by atoms with Gasteiger partial charge in [0.15, 0.2) is 0 Å². The van der Waals surface area contributed by atoms with Crippen LogP contribution in [0.2, 0.25) is 0 Å². The van der Waals surface area contributed by atoms with Gasteiger partial charge in [0, 0.05) is 11.9 Å². The van der Waals surface area contributed by atoms with Crippen molar-refractivity contribution in [3.8, 4) is 0 Å². The van der Waals surface area contributed by atoms with Crippen LogP contribution in [-0.2, 0) is 9.59 Å². The molecule has 0 aliphatic carbocycles. The van der Waals surface area contributed by atoms with Crippen molar-refractivity contribution in [1.82, 2.24) is 0 Å². The molecule has 0 aromatic rings. The normalized spacial score (nSPS) is 12.3. The molecule has 184 valence electrons. The topological polar surface area (TPSA) is 80.3 Å². The van der Waals surface area contributed by atoms with Crippen LogP contribution in [0.15, 0.2) is 0 Å². The minimum absolute atomic E-state index is 0. The Labute approximate surface area is 212 Å². The number of hydrogen-bond acceptors (Lipinski definition) is 4. The van der Waals surface area contributed by atoms with Crippen LogP contribution in [0, 0.1) is 36.5 Å². The van der Waals surface area contributed by atoms with Crippen molar-refractivity contribution in [2.24, 2.45) is 22.7 Å². The maximum Gasteiger partial charge on any atom is 2.00 e. The zero-order valence-corrected chi connectivity index (χ0v) is 25.2. The van der Waals surface area contributed by atoms with Gasteiger partial charge in [-0.1, -0.05) is 109 Å². The molecule has 5 heteroatoms. The van der Waals surface area contributed by atoms with Gasteiger partial charge in [0.25, 0.3) is 0 Å². The second-order valence-electron chi connectivity index (χ2n) is 10.6. The zero-order chi connectivity index (χ0) is 25.0. The van der Waals surface area contributed by atoms with Crippen molar-refractivity contribution in [3.05, 3.63) is 13.8 Å². The van der Waals surface area contributed by atoms with Crippen LogP contribution in [-0.4, -0.2) is 35.8 Å². The van der Waals surface area contributed by atoms with E-state index in [1.54, 1.807) is 0 Å². The molecule has 4 nitrogen and oxygen atoms in total. The van der Waals surface area contributed by atoms with E-state index >= 15 is 0 Å². The molecule has 2 unspecified atom stereocenters. The molecule has 0 bridgehead atoms. The summed E-state index contributed by atoms with van der Waals surface area (Å²) in [7, 11) is 0. The number of carboxylic acids is 2. The molecule has 0 aromatic carbocycles. The van der Waals surface area contributed by atoms with E-state index in [0.717, 1.165) is 25.7 Å². The second-order valence-corrected chi connectivity index (χ2v) is 10.6. The maximum atomic E-state index is 10.2. The number of carboxylic acid groups (broad SMARTS) is 2. The molecular weight excluding hydrogens is 495 g/mol. The molecule has 0 amide bonds. The van der Waals surface area contributed by atoms with E-state index in [1.165, 1.54) is 12.8 Å². The van der Waals surface area contributed by atoms with Crippen molar-refractivity contribution < 1.29 is 19.8 Å². The van der Waals surface area contributed by atoms with Gasteiger partial charge in [0.05, 0.1) is 0 Å². The summed E-state index contributed by atoms with van der Waals surface area (Å²) in [4.78, 5) is 20.4. The van der Waals surface area contributed by atoms with Crippen LogP contribution in [0.1, 0.15) is 121 Å². The Bertz CT molecular complexity index is 353. The molecule has 4 radical (unpaired) electrons. The van der Waals surface area contributed by atoms with E-state index in [0.29, 0.717) is 0 Å². The first-order valence-electron chi connectivity index (χ1n) is 11.4. The fourth-order valence-corrected chi connectivity index (χ4v) is 2.80. The van der Waals surface area contributed by atoms with Gasteiger partial charge in [-0.3, -0.25) is 0 Å². The molecule has 0 aliphatic heterocycles. The Morgan fingerprint density at radius 1 is 0.710 bits per heavy atom. The maximum absolute atomic E-state index is 10.2. The average Bonchev–Trinajstić information content (AvgIpc) is 2.50. The summed E-state index contributed by atoms with van der Waals surface area (Å²) in [6.45, 7) is 28.0. The summed E-state index contributed by atoms with van der Waals surface area (Å²) < 4.78 is 0. The molecule has 0 saturated carbocycles. The van der Waals surface area contributed by atoms with E-state index in [-0.39, 0.29) is 59.4 Å². The number of unbranched alkanes of at least 4 members (excludes halogenated alkanes) is 2. The summed E-state index contributed by atoms with van der Waals surface area (Å²) in [6.07, 6.45) is 6.77. The molecule has 2 atom stereocenters. The van der Waals surface area contributed by atoms with Gasteiger partial charge in [-0.2, -0.15) is 0 Å². The summed E-state index contributed by atoms with van der Waals surface area (Å²) in [5.74, 6) is -1.44. The predicted molar refractivity (Wildman–Crippen MR) is 132 cm³/mol. The summed E-state index contributed by atoms with van der Waals surface area (Å²) in [5.41, 5.74) is 0.434. The van der Waals surface area contributed by atoms with Crippen molar-refractivity contribution in [2.75, 3.05) is 0 Å². The van der Waals surface area contributed by atoms with Crippen LogP contribution >= 0.6 is 0 Å². The van der Waals surface area contributed by atoms with Crippen LogP contribution < -0.4 is 10.2 Å². The molecule has 0 saturated heterocycles. The molecule has 0 N–H and O–H groups in total. The Hall–Kier alpha value is -0.261. The van der Waals surface area contributed by atoms with Crippen LogP contribution in [0.4, 0.5) is 0 Å². The van der Waals surface area contributed by atoms with Gasteiger partial charge in [0.1, 0.15) is 0 Å². The SMILES string of the molecule is CC(CC(=O)[O-])CC(C)(C)C.CC(CC(=O)[O-])CC(C)(C)C.[CH2]CCC.[CH2]CCC.[Sn+2]. The van der Waals surface area contributed by atoms with Gasteiger partial charge < -0.3 is 19.8 Å². The Morgan fingerprint density at radius 3 is 1.00 bits per heavy atom. The summed E-state index contributed by atoms with van der Waals surface area (Å²) >= 11 is 0. The second kappa shape index (κ2) is 24.4. The van der Waals surface area contributed by atoms with Crippen LogP contribution in [0.25, 0.3) is 0 Å². The third kappa shape index (κ3) is 58.7. The molecule has 0 aromatic heterocycles. The van der Waals surface area contributed by atoms with Crippen LogP contribution in [0.5, 0.6) is 0 Å². The number of carbonyl (C=O) groups excluding carboxylic acids is 2. The Morgan fingerprint density at radius 2 is 0.903 bits per heavy atom. The van der Waals surface area contributed by atoms with E-state index in [9.17, 15) is 19.8 Å². The minimum Gasteiger partial charge on any atom is -0.550 e. The Kier molecular flexibility index (Phi) is 32.3. The van der Waals surface area contributed by atoms with E-state index in [2.05, 4.69) is 69.2 Å². The molecule has 0 aliphatic rings. The molecule has 0 fully saturated rings. The number of carbonyl (C=O) groups is 2. The largest absolute Gasteiger partial charge is 2.00 e. The molecule has 0 spiro atoms. The van der Waals surface area contributed by atoms with E-state index < -0.39 is 11.9 Å². The van der Waals surface area contributed by atoms with Crippen molar-refractivity contribution in [1.29, 1.82) is 0 Å². The predicted octanol–water partition coefficient (Wildman–Crippen LogP) is 5.26. The van der Waals surface area contributed by atoms with Gasteiger partial charge in [-0.15, -0.1) is 0 Å².